The average molecular weight is 375 g/mol. The molecule has 0 saturated heterocycles. The van der Waals surface area contributed by atoms with Crippen LogP contribution in [0.15, 0.2) is 29.3 Å². The molecule has 0 bridgehead atoms. The number of hydrogen-bond acceptors (Lipinski definition) is 4. The summed E-state index contributed by atoms with van der Waals surface area (Å²) in [5.74, 6) is 1.17. The number of anilines is 1. The van der Waals surface area contributed by atoms with Crippen molar-refractivity contribution in [1.82, 2.24) is 4.98 Å². The van der Waals surface area contributed by atoms with Gasteiger partial charge in [0.05, 0.1) is 28.4 Å². The zero-order valence-corrected chi connectivity index (χ0v) is 13.9. The lowest BCUT2D eigenvalue weighted by molar-refractivity contribution is 0.385. The van der Waals surface area contributed by atoms with Crippen molar-refractivity contribution in [2.45, 2.75) is 4.90 Å². The molecule has 2 aromatic rings. The van der Waals surface area contributed by atoms with Gasteiger partial charge in [-0.15, -0.1) is 6.42 Å². The summed E-state index contributed by atoms with van der Waals surface area (Å²) in [5, 5.41) is -0.134. The summed E-state index contributed by atoms with van der Waals surface area (Å²) < 4.78 is 45.6. The molecule has 1 aromatic heterocycles. The zero-order valence-electron chi connectivity index (χ0n) is 11.6. The van der Waals surface area contributed by atoms with E-state index >= 15 is 0 Å². The predicted molar refractivity (Wildman–Crippen MR) is 86.0 cm³/mol. The van der Waals surface area contributed by atoms with Gasteiger partial charge in [-0.3, -0.25) is 4.72 Å². The molecule has 0 saturated carbocycles. The van der Waals surface area contributed by atoms with Crippen LogP contribution in [0.5, 0.6) is 5.88 Å². The SMILES string of the molecule is C#Cc1c(F)ccc(NS(=O)(=O)c2cc(Cl)cnc2OC)c1Cl. The number of benzene rings is 1. The van der Waals surface area contributed by atoms with Crippen molar-refractivity contribution in [2.24, 2.45) is 0 Å². The van der Waals surface area contributed by atoms with Gasteiger partial charge in [0.15, 0.2) is 4.90 Å². The number of halogens is 3. The molecule has 5 nitrogen and oxygen atoms in total. The number of aromatic nitrogens is 1. The lowest BCUT2D eigenvalue weighted by Gasteiger charge is -2.13. The summed E-state index contributed by atoms with van der Waals surface area (Å²) in [7, 11) is -2.88. The standard InChI is InChI=1S/C14H9Cl2FN2O3S/c1-3-9-10(17)4-5-11(13(9)16)19-23(20,21)12-6-8(15)7-18-14(12)22-2/h1,4-7,19H,2H3. The Bertz CT molecular complexity index is 911. The molecule has 2 rings (SSSR count). The lowest BCUT2D eigenvalue weighted by Crippen LogP contribution is -2.15. The predicted octanol–water partition coefficient (Wildman–Crippen LogP) is 3.32. The van der Waals surface area contributed by atoms with Gasteiger partial charge in [-0.1, -0.05) is 29.1 Å². The molecule has 0 amide bonds. The van der Waals surface area contributed by atoms with Crippen LogP contribution in [0.25, 0.3) is 0 Å². The highest BCUT2D eigenvalue weighted by Crippen LogP contribution is 2.31. The highest BCUT2D eigenvalue weighted by atomic mass is 35.5. The fourth-order valence-corrected chi connectivity index (χ4v) is 3.47. The van der Waals surface area contributed by atoms with Crippen molar-refractivity contribution in [2.75, 3.05) is 11.8 Å². The number of nitrogens with one attached hydrogen (secondary N) is 1. The molecule has 0 spiro atoms. The molecule has 9 heteroatoms. The molecule has 0 radical (unpaired) electrons. The van der Waals surface area contributed by atoms with Crippen molar-refractivity contribution in [3.63, 3.8) is 0 Å². The van der Waals surface area contributed by atoms with E-state index in [4.69, 9.17) is 34.4 Å². The fraction of sp³-hybridized carbons (Fsp3) is 0.0714. The Morgan fingerprint density at radius 3 is 2.70 bits per heavy atom. The lowest BCUT2D eigenvalue weighted by atomic mass is 10.2. The van der Waals surface area contributed by atoms with Crippen molar-refractivity contribution in [1.29, 1.82) is 0 Å². The molecule has 0 fully saturated rings. The number of hydrogen-bond donors (Lipinski definition) is 1. The van der Waals surface area contributed by atoms with Crippen LogP contribution in [-0.4, -0.2) is 20.5 Å². The minimum Gasteiger partial charge on any atom is -0.480 e. The Balaban J connectivity index is 2.52. The van der Waals surface area contributed by atoms with Gasteiger partial charge >= 0.3 is 0 Å². The molecule has 1 heterocycles. The molecule has 120 valence electrons. The molecular formula is C14H9Cl2FN2O3S. The van der Waals surface area contributed by atoms with E-state index in [1.54, 1.807) is 0 Å². The molecular weight excluding hydrogens is 366 g/mol. The van der Waals surface area contributed by atoms with Gasteiger partial charge in [0.25, 0.3) is 10.0 Å². The van der Waals surface area contributed by atoms with E-state index in [0.717, 1.165) is 18.2 Å². The summed E-state index contributed by atoms with van der Waals surface area (Å²) in [4.78, 5) is 3.48. The topological polar surface area (TPSA) is 68.3 Å². The molecule has 0 aliphatic rings. The number of methoxy groups -OCH3 is 1. The maximum absolute atomic E-state index is 13.5. The third-order valence-electron chi connectivity index (χ3n) is 2.75. The van der Waals surface area contributed by atoms with Crippen molar-refractivity contribution < 1.29 is 17.5 Å². The fourth-order valence-electron chi connectivity index (χ4n) is 1.72. The van der Waals surface area contributed by atoms with Gasteiger partial charge in [0.2, 0.25) is 5.88 Å². The smallest absolute Gasteiger partial charge is 0.267 e. The summed E-state index contributed by atoms with van der Waals surface area (Å²) in [6.07, 6.45) is 6.40. The Hall–Kier alpha value is -2.01. The van der Waals surface area contributed by atoms with Crippen molar-refractivity contribution in [3.8, 4) is 18.2 Å². The molecule has 0 unspecified atom stereocenters. The van der Waals surface area contributed by atoms with E-state index in [0.29, 0.717) is 0 Å². The molecule has 0 aliphatic heterocycles. The Labute approximate surface area is 142 Å². The average Bonchev–Trinajstić information content (AvgIpc) is 2.50. The van der Waals surface area contributed by atoms with Crippen LogP contribution in [0.1, 0.15) is 5.56 Å². The first kappa shape index (κ1) is 17.3. The van der Waals surface area contributed by atoms with Crippen LogP contribution in [0.2, 0.25) is 10.0 Å². The van der Waals surface area contributed by atoms with Crippen LogP contribution < -0.4 is 9.46 Å². The second-order valence-corrected chi connectivity index (χ2v) is 6.66. The number of rotatable bonds is 4. The van der Waals surface area contributed by atoms with Gasteiger partial charge in [-0.2, -0.15) is 0 Å². The van der Waals surface area contributed by atoms with Crippen molar-refractivity contribution >= 4 is 38.9 Å². The van der Waals surface area contributed by atoms with Crippen molar-refractivity contribution in [3.05, 3.63) is 45.8 Å². The minimum absolute atomic E-state index is 0.0805. The summed E-state index contributed by atoms with van der Waals surface area (Å²) in [6.45, 7) is 0. The Kier molecular flexibility index (Phi) is 5.00. The van der Waals surface area contributed by atoms with Gasteiger partial charge in [-0.25, -0.2) is 17.8 Å². The number of sulfonamides is 1. The quantitative estimate of drug-likeness (QED) is 0.833. The summed E-state index contributed by atoms with van der Waals surface area (Å²) in [5.41, 5.74) is -0.328. The second-order valence-electron chi connectivity index (χ2n) is 4.19. The number of terminal acetylenes is 1. The second kappa shape index (κ2) is 6.62. The first-order valence-corrected chi connectivity index (χ1v) is 8.21. The Morgan fingerprint density at radius 2 is 2.09 bits per heavy atom. The molecule has 1 N–H and O–H groups in total. The van der Waals surface area contributed by atoms with Crippen LogP contribution in [0.3, 0.4) is 0 Å². The van der Waals surface area contributed by atoms with Gasteiger partial charge in [-0.05, 0) is 18.2 Å². The summed E-state index contributed by atoms with van der Waals surface area (Å²) >= 11 is 11.7. The van der Waals surface area contributed by atoms with E-state index in [2.05, 4.69) is 15.6 Å². The normalized spacial score (nSPS) is 10.9. The molecule has 1 aromatic carbocycles. The maximum Gasteiger partial charge on any atom is 0.267 e. The molecule has 0 atom stereocenters. The largest absolute Gasteiger partial charge is 0.480 e. The van der Waals surface area contributed by atoms with E-state index in [-0.39, 0.29) is 32.1 Å². The van der Waals surface area contributed by atoms with E-state index < -0.39 is 15.8 Å². The van der Waals surface area contributed by atoms with Crippen LogP contribution in [-0.2, 0) is 10.0 Å². The van der Waals surface area contributed by atoms with Gasteiger partial charge in [0.1, 0.15) is 5.82 Å². The third-order valence-corrected chi connectivity index (χ3v) is 4.71. The van der Waals surface area contributed by atoms with Crippen LogP contribution in [0, 0.1) is 18.2 Å². The van der Waals surface area contributed by atoms with Gasteiger partial charge < -0.3 is 4.74 Å². The monoisotopic (exact) mass is 374 g/mol. The maximum atomic E-state index is 13.5. The molecule has 0 aliphatic carbocycles. The minimum atomic E-state index is -4.14. The zero-order chi connectivity index (χ0) is 17.2. The van der Waals surface area contributed by atoms with E-state index in [9.17, 15) is 12.8 Å². The number of ether oxygens (including phenoxy) is 1. The van der Waals surface area contributed by atoms with Gasteiger partial charge in [0, 0.05) is 6.20 Å². The first-order chi connectivity index (χ1) is 10.8. The first-order valence-electron chi connectivity index (χ1n) is 5.97. The number of nitrogens with zero attached hydrogens (tertiary/aromatic N) is 1. The van der Waals surface area contributed by atoms with Crippen LogP contribution >= 0.6 is 23.2 Å². The summed E-state index contributed by atoms with van der Waals surface area (Å²) in [6, 6.07) is 3.32. The van der Waals surface area contributed by atoms with E-state index in [1.807, 2.05) is 0 Å². The highest BCUT2D eigenvalue weighted by molar-refractivity contribution is 7.92. The molecule has 23 heavy (non-hydrogen) atoms. The van der Waals surface area contributed by atoms with Crippen LogP contribution in [0.4, 0.5) is 10.1 Å². The Morgan fingerprint density at radius 1 is 1.39 bits per heavy atom. The number of pyridine rings is 1. The van der Waals surface area contributed by atoms with E-state index in [1.165, 1.54) is 13.3 Å². The third kappa shape index (κ3) is 3.50. The highest BCUT2D eigenvalue weighted by Gasteiger charge is 2.23.